The number of aryl methyl sites for hydroxylation is 1. The highest BCUT2D eigenvalue weighted by Crippen LogP contribution is 2.39. The summed E-state index contributed by atoms with van der Waals surface area (Å²) in [5, 5.41) is 1.16. The zero-order valence-corrected chi connectivity index (χ0v) is 12.9. The van der Waals surface area contributed by atoms with E-state index in [4.69, 9.17) is 10.7 Å². The van der Waals surface area contributed by atoms with Crippen molar-refractivity contribution in [2.24, 2.45) is 17.1 Å². The van der Waals surface area contributed by atoms with Crippen LogP contribution in [0.2, 0.25) is 0 Å². The summed E-state index contributed by atoms with van der Waals surface area (Å²) >= 11 is 1.87. The molecule has 3 heteroatoms. The Labute approximate surface area is 115 Å². The van der Waals surface area contributed by atoms with Crippen molar-refractivity contribution in [1.82, 2.24) is 4.98 Å². The van der Waals surface area contributed by atoms with Crippen LogP contribution in [-0.2, 0) is 12.8 Å². The van der Waals surface area contributed by atoms with Gasteiger partial charge in [0.15, 0.2) is 0 Å². The summed E-state index contributed by atoms with van der Waals surface area (Å²) in [5.41, 5.74) is 7.93. The molecule has 0 aliphatic heterocycles. The minimum absolute atomic E-state index is 0.152. The van der Waals surface area contributed by atoms with E-state index in [9.17, 15) is 0 Å². The van der Waals surface area contributed by atoms with Crippen molar-refractivity contribution in [2.75, 3.05) is 0 Å². The van der Waals surface area contributed by atoms with Crippen LogP contribution in [0.3, 0.4) is 0 Å². The molecule has 1 aliphatic carbocycles. The van der Waals surface area contributed by atoms with E-state index in [2.05, 4.69) is 27.7 Å². The summed E-state index contributed by atoms with van der Waals surface area (Å²) in [7, 11) is 0. The van der Waals surface area contributed by atoms with E-state index in [0.29, 0.717) is 5.41 Å². The Hall–Kier alpha value is -0.410. The molecule has 0 saturated carbocycles. The van der Waals surface area contributed by atoms with E-state index in [1.165, 1.54) is 23.4 Å². The van der Waals surface area contributed by atoms with Crippen LogP contribution in [0.1, 0.15) is 68.6 Å². The molecule has 1 heterocycles. The first kappa shape index (κ1) is 14.0. The van der Waals surface area contributed by atoms with Gasteiger partial charge in [-0.25, -0.2) is 4.98 Å². The maximum Gasteiger partial charge on any atom is 0.110 e. The van der Waals surface area contributed by atoms with E-state index in [-0.39, 0.29) is 6.04 Å². The van der Waals surface area contributed by atoms with Crippen LogP contribution in [0, 0.1) is 11.3 Å². The predicted molar refractivity (Wildman–Crippen MR) is 78.9 cm³/mol. The van der Waals surface area contributed by atoms with Gasteiger partial charge in [0.25, 0.3) is 0 Å². The second-order valence-electron chi connectivity index (χ2n) is 6.62. The van der Waals surface area contributed by atoms with Gasteiger partial charge < -0.3 is 5.73 Å². The number of nitrogens with zero attached hydrogens (tertiary/aromatic N) is 1. The molecule has 1 aromatic heterocycles. The Kier molecular flexibility index (Phi) is 4.12. The Bertz CT molecular complexity index is 403. The lowest BCUT2D eigenvalue weighted by Gasteiger charge is -2.33. The lowest BCUT2D eigenvalue weighted by molar-refractivity contribution is 0.217. The topological polar surface area (TPSA) is 38.9 Å². The Morgan fingerprint density at radius 2 is 2.17 bits per heavy atom. The summed E-state index contributed by atoms with van der Waals surface area (Å²) in [5.74, 6) is 0.792. The summed E-state index contributed by atoms with van der Waals surface area (Å²) in [6, 6.07) is 0.152. The molecule has 2 rings (SSSR count). The van der Waals surface area contributed by atoms with E-state index in [0.717, 1.165) is 30.2 Å². The molecule has 2 unspecified atom stereocenters. The molecule has 1 aliphatic rings. The van der Waals surface area contributed by atoms with Crippen LogP contribution in [0.4, 0.5) is 0 Å². The Morgan fingerprint density at radius 3 is 2.78 bits per heavy atom. The van der Waals surface area contributed by atoms with Crippen molar-refractivity contribution in [3.05, 3.63) is 15.6 Å². The number of hydrogen-bond donors (Lipinski definition) is 1. The average molecular weight is 266 g/mol. The highest BCUT2D eigenvalue weighted by Gasteiger charge is 2.31. The van der Waals surface area contributed by atoms with Crippen LogP contribution in [0.5, 0.6) is 0 Å². The molecule has 1 aromatic rings. The van der Waals surface area contributed by atoms with E-state index >= 15 is 0 Å². The van der Waals surface area contributed by atoms with Gasteiger partial charge in [-0.15, -0.1) is 11.3 Å². The number of rotatable bonds is 3. The first-order valence-corrected chi connectivity index (χ1v) is 7.97. The highest BCUT2D eigenvalue weighted by atomic mass is 32.1. The largest absolute Gasteiger partial charge is 0.322 e. The Morgan fingerprint density at radius 1 is 1.44 bits per heavy atom. The fourth-order valence-electron chi connectivity index (χ4n) is 2.73. The molecule has 2 N–H and O–H groups in total. The molecule has 0 saturated heterocycles. The van der Waals surface area contributed by atoms with E-state index < -0.39 is 0 Å². The zero-order chi connectivity index (χ0) is 13.3. The maximum absolute atomic E-state index is 6.19. The molecule has 0 aromatic carbocycles. The monoisotopic (exact) mass is 266 g/mol. The van der Waals surface area contributed by atoms with Gasteiger partial charge in [0.2, 0.25) is 0 Å². The van der Waals surface area contributed by atoms with Gasteiger partial charge in [-0.1, -0.05) is 34.1 Å². The third-order valence-corrected chi connectivity index (χ3v) is 5.35. The number of aromatic nitrogens is 1. The predicted octanol–water partition coefficient (Wildman–Crippen LogP) is 4.09. The van der Waals surface area contributed by atoms with Crippen LogP contribution < -0.4 is 5.73 Å². The second kappa shape index (κ2) is 5.30. The van der Waals surface area contributed by atoms with Gasteiger partial charge in [0.05, 0.1) is 11.7 Å². The smallest absolute Gasteiger partial charge is 0.110 e. The number of thiazole rings is 1. The lowest BCUT2D eigenvalue weighted by Crippen LogP contribution is -2.26. The normalized spacial score (nSPS) is 21.7. The van der Waals surface area contributed by atoms with Gasteiger partial charge in [0.1, 0.15) is 5.01 Å². The maximum atomic E-state index is 6.19. The number of nitrogens with two attached hydrogens (primary N) is 1. The van der Waals surface area contributed by atoms with E-state index in [1.807, 2.05) is 11.3 Å². The van der Waals surface area contributed by atoms with Crippen molar-refractivity contribution >= 4 is 11.3 Å². The summed E-state index contributed by atoms with van der Waals surface area (Å²) in [6.45, 7) is 9.25. The zero-order valence-electron chi connectivity index (χ0n) is 12.1. The molecule has 0 fully saturated rings. The van der Waals surface area contributed by atoms with Gasteiger partial charge in [0, 0.05) is 4.88 Å². The number of hydrogen-bond acceptors (Lipinski definition) is 3. The van der Waals surface area contributed by atoms with E-state index in [1.54, 1.807) is 0 Å². The SMILES string of the molecule is CCCC(N)c1nc2c(s1)CC(C(C)(C)C)CC2. The van der Waals surface area contributed by atoms with Crippen LogP contribution in [0.25, 0.3) is 0 Å². The molecule has 2 nitrogen and oxygen atoms in total. The molecule has 0 amide bonds. The molecule has 2 atom stereocenters. The van der Waals surface area contributed by atoms with Gasteiger partial charge in [-0.2, -0.15) is 0 Å². The van der Waals surface area contributed by atoms with Crippen LogP contribution in [0.15, 0.2) is 0 Å². The third kappa shape index (κ3) is 2.94. The lowest BCUT2D eigenvalue weighted by atomic mass is 9.73. The summed E-state index contributed by atoms with van der Waals surface area (Å²) < 4.78 is 0. The molecule has 0 spiro atoms. The van der Waals surface area contributed by atoms with Crippen molar-refractivity contribution in [3.63, 3.8) is 0 Å². The average Bonchev–Trinajstić information content (AvgIpc) is 2.70. The van der Waals surface area contributed by atoms with Crippen molar-refractivity contribution in [2.45, 2.75) is 65.8 Å². The quantitative estimate of drug-likeness (QED) is 0.894. The molecular weight excluding hydrogens is 240 g/mol. The van der Waals surface area contributed by atoms with Crippen molar-refractivity contribution < 1.29 is 0 Å². The molecule has 18 heavy (non-hydrogen) atoms. The Balaban J connectivity index is 2.14. The molecule has 0 radical (unpaired) electrons. The highest BCUT2D eigenvalue weighted by molar-refractivity contribution is 7.11. The van der Waals surface area contributed by atoms with Gasteiger partial charge in [-0.05, 0) is 37.0 Å². The van der Waals surface area contributed by atoms with Crippen molar-refractivity contribution in [3.8, 4) is 0 Å². The minimum atomic E-state index is 0.152. The summed E-state index contributed by atoms with van der Waals surface area (Å²) in [4.78, 5) is 6.28. The number of fused-ring (bicyclic) bond motifs is 1. The fraction of sp³-hybridized carbons (Fsp3) is 0.800. The van der Waals surface area contributed by atoms with Gasteiger partial charge in [-0.3, -0.25) is 0 Å². The van der Waals surface area contributed by atoms with Crippen LogP contribution in [-0.4, -0.2) is 4.98 Å². The molecule has 0 bridgehead atoms. The van der Waals surface area contributed by atoms with Gasteiger partial charge >= 0.3 is 0 Å². The molecular formula is C15H26N2S. The summed E-state index contributed by atoms with van der Waals surface area (Å²) in [6.07, 6.45) is 5.82. The second-order valence-corrected chi connectivity index (χ2v) is 7.74. The fourth-order valence-corrected chi connectivity index (χ4v) is 3.95. The minimum Gasteiger partial charge on any atom is -0.322 e. The van der Waals surface area contributed by atoms with Crippen molar-refractivity contribution in [1.29, 1.82) is 0 Å². The van der Waals surface area contributed by atoms with Crippen LogP contribution >= 0.6 is 11.3 Å². The first-order valence-electron chi connectivity index (χ1n) is 7.16. The first-order chi connectivity index (χ1) is 8.41. The third-order valence-electron chi connectivity index (χ3n) is 4.10. The standard InChI is InChI=1S/C15H26N2S/c1-5-6-11(16)14-17-12-8-7-10(15(2,3)4)9-13(12)18-14/h10-11H,5-9,16H2,1-4H3. The molecule has 102 valence electrons.